The molecule has 3 aliphatic carbocycles. The van der Waals surface area contributed by atoms with Crippen molar-refractivity contribution < 1.29 is 8.78 Å². The molecule has 0 amide bonds. The van der Waals surface area contributed by atoms with Crippen molar-refractivity contribution in [2.45, 2.75) is 18.3 Å². The van der Waals surface area contributed by atoms with Crippen molar-refractivity contribution in [2.24, 2.45) is 0 Å². The van der Waals surface area contributed by atoms with Gasteiger partial charge in [0.05, 0.1) is 0 Å². The summed E-state index contributed by atoms with van der Waals surface area (Å²) in [6, 6.07) is 5.40. The van der Waals surface area contributed by atoms with Crippen LogP contribution in [0.15, 0.2) is 18.2 Å². The van der Waals surface area contributed by atoms with Crippen LogP contribution in [0.2, 0.25) is 0 Å². The molecule has 3 unspecified atom stereocenters. The van der Waals surface area contributed by atoms with Crippen LogP contribution in [0.5, 0.6) is 0 Å². The van der Waals surface area contributed by atoms with E-state index in [1.807, 2.05) is 12.1 Å². The van der Waals surface area contributed by atoms with Gasteiger partial charge >= 0.3 is 0 Å². The van der Waals surface area contributed by atoms with Crippen molar-refractivity contribution in [3.8, 4) is 0 Å². The molecule has 4 bridgehead atoms. The molecule has 3 aliphatic rings. The van der Waals surface area contributed by atoms with Gasteiger partial charge in [0.1, 0.15) is 6.17 Å². The monoisotopic (exact) mass is 169 g/mol. The summed E-state index contributed by atoms with van der Waals surface area (Å²) in [5, 5.41) is 0. The van der Waals surface area contributed by atoms with Crippen molar-refractivity contribution in [3.05, 3.63) is 34.9 Å². The number of halogens is 2. The molecule has 0 fully saturated rings. The van der Waals surface area contributed by atoms with Gasteiger partial charge in [-0.05, 0) is 16.7 Å². The molecule has 0 radical (unpaired) electrons. The Hall–Kier alpha value is -0.960. The first-order valence-electron chi connectivity index (χ1n) is 3.71. The molecular weight excluding hydrogens is 160 g/mol. The van der Waals surface area contributed by atoms with Crippen LogP contribution >= 0.6 is 0 Å². The number of benzene rings is 1. The highest BCUT2D eigenvalue weighted by molar-refractivity contribution is 5.56. The van der Waals surface area contributed by atoms with Crippen LogP contribution in [0.1, 0.15) is 28.8 Å². The predicted molar refractivity (Wildman–Crippen MR) is 42.1 cm³/mol. The van der Waals surface area contributed by atoms with E-state index in [-0.39, 0.29) is 12.1 Å². The molecular formula is C9H9F2N. The van der Waals surface area contributed by atoms with E-state index in [2.05, 4.69) is 0 Å². The highest BCUT2D eigenvalue weighted by Crippen LogP contribution is 2.54. The average molecular weight is 169 g/mol. The zero-order valence-corrected chi connectivity index (χ0v) is 6.43. The molecule has 0 saturated heterocycles. The van der Waals surface area contributed by atoms with Gasteiger partial charge < -0.3 is 6.15 Å². The van der Waals surface area contributed by atoms with Gasteiger partial charge in [-0.3, -0.25) is 0 Å². The summed E-state index contributed by atoms with van der Waals surface area (Å²) in [6.07, 6.45) is -2.68. The molecule has 3 N–H and O–H groups in total. The van der Waals surface area contributed by atoms with E-state index in [1.54, 1.807) is 6.07 Å². The Balaban J connectivity index is 0.000000563. The van der Waals surface area contributed by atoms with Gasteiger partial charge in [0.2, 0.25) is 0 Å². The van der Waals surface area contributed by atoms with Crippen LogP contribution in [0, 0.1) is 0 Å². The van der Waals surface area contributed by atoms with E-state index < -0.39 is 12.3 Å². The number of hydrogen-bond donors (Lipinski definition) is 1. The molecule has 4 rings (SSSR count). The van der Waals surface area contributed by atoms with Crippen molar-refractivity contribution in [3.63, 3.8) is 0 Å². The van der Waals surface area contributed by atoms with E-state index in [9.17, 15) is 8.78 Å². The van der Waals surface area contributed by atoms with Crippen LogP contribution in [0.25, 0.3) is 0 Å². The third kappa shape index (κ3) is 0.569. The molecule has 0 spiro atoms. The summed E-state index contributed by atoms with van der Waals surface area (Å²) in [7, 11) is 0. The van der Waals surface area contributed by atoms with Crippen molar-refractivity contribution in [1.29, 1.82) is 0 Å². The maximum atomic E-state index is 13.1. The SMILES string of the molecule is FC1c2ccc3cc2C3C1F.N. The second-order valence-corrected chi connectivity index (χ2v) is 3.21. The number of alkyl halides is 2. The first-order chi connectivity index (χ1) is 5.29. The van der Waals surface area contributed by atoms with Crippen LogP contribution in [0.4, 0.5) is 8.78 Å². The molecule has 1 aromatic carbocycles. The van der Waals surface area contributed by atoms with E-state index in [0.29, 0.717) is 5.56 Å². The zero-order chi connectivity index (χ0) is 7.59. The number of rotatable bonds is 0. The molecule has 3 atom stereocenters. The Kier molecular flexibility index (Phi) is 1.31. The fourth-order valence-corrected chi connectivity index (χ4v) is 2.09. The lowest BCUT2D eigenvalue weighted by atomic mass is 9.82. The average Bonchev–Trinajstić information content (AvgIpc) is 2.12. The summed E-state index contributed by atoms with van der Waals surface area (Å²) >= 11 is 0. The highest BCUT2D eigenvalue weighted by atomic mass is 19.2. The van der Waals surface area contributed by atoms with E-state index >= 15 is 0 Å². The maximum absolute atomic E-state index is 13.1. The maximum Gasteiger partial charge on any atom is 0.157 e. The minimum atomic E-state index is -1.37. The van der Waals surface area contributed by atoms with Crippen molar-refractivity contribution >= 4 is 0 Å². The second-order valence-electron chi connectivity index (χ2n) is 3.21. The van der Waals surface area contributed by atoms with E-state index in [4.69, 9.17) is 0 Å². The minimum Gasteiger partial charge on any atom is -0.344 e. The van der Waals surface area contributed by atoms with Gasteiger partial charge in [-0.2, -0.15) is 0 Å². The topological polar surface area (TPSA) is 35.0 Å². The quantitative estimate of drug-likeness (QED) is 0.636. The lowest BCUT2D eigenvalue weighted by Gasteiger charge is -2.23. The molecule has 3 heteroatoms. The summed E-state index contributed by atoms with van der Waals surface area (Å²) in [6.45, 7) is 0. The summed E-state index contributed by atoms with van der Waals surface area (Å²) in [4.78, 5) is 0. The third-order valence-corrected chi connectivity index (χ3v) is 2.70. The van der Waals surface area contributed by atoms with E-state index in [0.717, 1.165) is 11.1 Å². The highest BCUT2D eigenvalue weighted by Gasteiger charge is 2.47. The lowest BCUT2D eigenvalue weighted by molar-refractivity contribution is 0.173. The van der Waals surface area contributed by atoms with Crippen LogP contribution in [0.3, 0.4) is 0 Å². The Morgan fingerprint density at radius 2 is 1.83 bits per heavy atom. The molecule has 0 saturated carbocycles. The number of fused-ring (bicyclic) bond motifs is 1. The summed E-state index contributed by atoms with van der Waals surface area (Å²) in [5.41, 5.74) is 2.41. The van der Waals surface area contributed by atoms with Crippen molar-refractivity contribution in [1.82, 2.24) is 6.15 Å². The molecule has 0 aliphatic heterocycles. The van der Waals surface area contributed by atoms with Gasteiger partial charge in [-0.25, -0.2) is 8.78 Å². The number of hydrogen-bond acceptors (Lipinski definition) is 1. The third-order valence-electron chi connectivity index (χ3n) is 2.70. The Bertz CT molecular complexity index is 334. The normalized spacial score (nSPS) is 34.0. The van der Waals surface area contributed by atoms with Crippen LogP contribution in [-0.2, 0) is 0 Å². The van der Waals surface area contributed by atoms with Gasteiger partial charge in [-0.15, -0.1) is 0 Å². The fourth-order valence-electron chi connectivity index (χ4n) is 2.09. The second kappa shape index (κ2) is 2.04. The van der Waals surface area contributed by atoms with Crippen LogP contribution in [-0.4, -0.2) is 6.17 Å². The molecule has 12 heavy (non-hydrogen) atoms. The van der Waals surface area contributed by atoms with Gasteiger partial charge in [0, 0.05) is 5.92 Å². The molecule has 0 aromatic heterocycles. The Morgan fingerprint density at radius 3 is 2.33 bits per heavy atom. The zero-order valence-electron chi connectivity index (χ0n) is 6.43. The predicted octanol–water partition coefficient (Wildman–Crippen LogP) is 2.66. The first-order valence-corrected chi connectivity index (χ1v) is 3.71. The smallest absolute Gasteiger partial charge is 0.157 e. The molecule has 1 nitrogen and oxygen atoms in total. The summed E-state index contributed by atoms with van der Waals surface area (Å²) in [5.74, 6) is -0.218. The molecule has 1 aromatic rings. The van der Waals surface area contributed by atoms with Gasteiger partial charge in [0.25, 0.3) is 0 Å². The largest absolute Gasteiger partial charge is 0.344 e. The first kappa shape index (κ1) is 7.68. The standard InChI is InChI=1S/C9H6F2.H3N/c10-8-5-2-1-4-3-6(5)7(4)9(8)11;/h1-3,7-9H;1H3. The minimum absolute atomic E-state index is 0. The van der Waals surface area contributed by atoms with Gasteiger partial charge in [0.15, 0.2) is 6.17 Å². The van der Waals surface area contributed by atoms with E-state index in [1.165, 1.54) is 0 Å². The molecule has 64 valence electrons. The van der Waals surface area contributed by atoms with Gasteiger partial charge in [-0.1, -0.05) is 18.2 Å². The Labute approximate surface area is 69.0 Å². The molecule has 0 heterocycles. The van der Waals surface area contributed by atoms with Crippen molar-refractivity contribution in [2.75, 3.05) is 0 Å². The van der Waals surface area contributed by atoms with Crippen LogP contribution < -0.4 is 6.15 Å². The summed E-state index contributed by atoms with van der Waals surface area (Å²) < 4.78 is 26.1. The Morgan fingerprint density at radius 1 is 1.08 bits per heavy atom. The lowest BCUT2D eigenvalue weighted by Crippen LogP contribution is -2.15. The fraction of sp³-hybridized carbons (Fsp3) is 0.333.